The third-order valence-corrected chi connectivity index (χ3v) is 3.27. The first-order valence-electron chi connectivity index (χ1n) is 6.33. The van der Waals surface area contributed by atoms with Crippen LogP contribution in [-0.2, 0) is 9.53 Å². The van der Waals surface area contributed by atoms with E-state index in [1.165, 1.54) is 13.1 Å². The maximum Gasteiger partial charge on any atom is 0.330 e. The molecular formula is C13H16N2O6. The van der Waals surface area contributed by atoms with Gasteiger partial charge in [0.1, 0.15) is 18.4 Å². The Morgan fingerprint density at radius 3 is 2.81 bits per heavy atom. The quantitative estimate of drug-likeness (QED) is 0.593. The van der Waals surface area contributed by atoms with Crippen LogP contribution < -0.4 is 11.2 Å². The molecule has 0 saturated carbocycles. The summed E-state index contributed by atoms with van der Waals surface area (Å²) in [5.41, 5.74) is -1.02. The van der Waals surface area contributed by atoms with Crippen molar-refractivity contribution in [2.24, 2.45) is 0 Å². The number of nitrogens with zero attached hydrogens (tertiary/aromatic N) is 1. The van der Waals surface area contributed by atoms with Gasteiger partial charge in [-0.2, -0.15) is 0 Å². The number of nitrogens with one attached hydrogen (secondary N) is 1. The smallest absolute Gasteiger partial charge is 0.330 e. The number of H-pyrrole nitrogens is 1. The van der Waals surface area contributed by atoms with Crippen molar-refractivity contribution in [2.75, 3.05) is 0 Å². The summed E-state index contributed by atoms with van der Waals surface area (Å²) in [4.78, 5) is 36.7. The fourth-order valence-electron chi connectivity index (χ4n) is 2.13. The molecule has 1 aromatic heterocycles. The lowest BCUT2D eigenvalue weighted by Crippen LogP contribution is -2.39. The van der Waals surface area contributed by atoms with Crippen molar-refractivity contribution in [3.05, 3.63) is 45.3 Å². The van der Waals surface area contributed by atoms with E-state index in [2.05, 4.69) is 11.6 Å². The Kier molecular flexibility index (Phi) is 4.21. The van der Waals surface area contributed by atoms with Gasteiger partial charge in [0.15, 0.2) is 5.78 Å². The van der Waals surface area contributed by atoms with Crippen molar-refractivity contribution in [2.45, 2.75) is 37.9 Å². The van der Waals surface area contributed by atoms with E-state index in [0.717, 1.165) is 10.6 Å². The number of aliphatic hydroxyl groups excluding tert-OH is 2. The van der Waals surface area contributed by atoms with E-state index < -0.39 is 41.6 Å². The Labute approximate surface area is 119 Å². The summed E-state index contributed by atoms with van der Waals surface area (Å²) in [6.45, 7) is 4.95. The van der Waals surface area contributed by atoms with Gasteiger partial charge in [-0.15, -0.1) is 0 Å². The zero-order chi connectivity index (χ0) is 15.7. The highest BCUT2D eigenvalue weighted by molar-refractivity contribution is 5.90. The molecule has 8 nitrogen and oxygen atoms in total. The van der Waals surface area contributed by atoms with E-state index in [-0.39, 0.29) is 12.0 Å². The summed E-state index contributed by atoms with van der Waals surface area (Å²) >= 11 is 0. The fourth-order valence-corrected chi connectivity index (χ4v) is 2.13. The SMILES string of the molecule is C=C(C)C(O)C(=O)[C@H]1O[C@@H](n2ccc(=O)[nH]c2=O)C[C@@H]1O. The van der Waals surface area contributed by atoms with Crippen LogP contribution in [0.1, 0.15) is 19.6 Å². The molecule has 8 heteroatoms. The lowest BCUT2D eigenvalue weighted by atomic mass is 10.0. The van der Waals surface area contributed by atoms with Crippen LogP contribution in [0.15, 0.2) is 34.0 Å². The van der Waals surface area contributed by atoms with Gasteiger partial charge in [-0.3, -0.25) is 19.1 Å². The Balaban J connectivity index is 2.21. The number of rotatable bonds is 4. The number of carbonyl (C=O) groups excluding carboxylic acids is 1. The molecule has 0 aromatic carbocycles. The van der Waals surface area contributed by atoms with E-state index in [4.69, 9.17) is 4.74 Å². The lowest BCUT2D eigenvalue weighted by Gasteiger charge is -2.18. The minimum Gasteiger partial charge on any atom is -0.390 e. The van der Waals surface area contributed by atoms with Gasteiger partial charge in [0.25, 0.3) is 5.56 Å². The van der Waals surface area contributed by atoms with Gasteiger partial charge in [-0.1, -0.05) is 6.58 Å². The first-order chi connectivity index (χ1) is 9.81. The molecule has 1 aliphatic heterocycles. The molecule has 114 valence electrons. The largest absolute Gasteiger partial charge is 0.390 e. The molecule has 0 spiro atoms. The Hall–Kier alpha value is -2.03. The third-order valence-electron chi connectivity index (χ3n) is 3.27. The molecule has 0 radical (unpaired) electrons. The second-order valence-electron chi connectivity index (χ2n) is 4.98. The van der Waals surface area contributed by atoms with Crippen molar-refractivity contribution >= 4 is 5.78 Å². The first kappa shape index (κ1) is 15.4. The van der Waals surface area contributed by atoms with Crippen molar-refractivity contribution in [3.8, 4) is 0 Å². The highest BCUT2D eigenvalue weighted by atomic mass is 16.5. The molecule has 1 unspecified atom stereocenters. The standard InChI is InChI=1S/C13H16N2O6/c1-6(2)10(18)11(19)12-7(16)5-9(21-12)15-4-3-8(17)14-13(15)20/h3-4,7,9-10,12,16,18H,1,5H2,2H3,(H,14,17,20)/t7-,9+,10?,12-/m0/s1. The molecule has 1 fully saturated rings. The molecule has 1 aromatic rings. The minimum atomic E-state index is -1.43. The zero-order valence-electron chi connectivity index (χ0n) is 11.4. The highest BCUT2D eigenvalue weighted by Gasteiger charge is 2.42. The zero-order valence-corrected chi connectivity index (χ0v) is 11.4. The Bertz CT molecular complexity index is 676. The topological polar surface area (TPSA) is 122 Å². The van der Waals surface area contributed by atoms with Gasteiger partial charge in [0, 0.05) is 18.7 Å². The summed E-state index contributed by atoms with van der Waals surface area (Å²) in [5.74, 6) is -0.713. The van der Waals surface area contributed by atoms with Crippen LogP contribution in [0.3, 0.4) is 0 Å². The summed E-state index contributed by atoms with van der Waals surface area (Å²) in [6.07, 6.45) is -3.52. The lowest BCUT2D eigenvalue weighted by molar-refractivity contribution is -0.142. The van der Waals surface area contributed by atoms with Gasteiger partial charge >= 0.3 is 5.69 Å². The van der Waals surface area contributed by atoms with Crippen LogP contribution in [0.25, 0.3) is 0 Å². The Morgan fingerprint density at radius 1 is 1.57 bits per heavy atom. The van der Waals surface area contributed by atoms with Gasteiger partial charge in [0.2, 0.25) is 0 Å². The number of aromatic nitrogens is 2. The van der Waals surface area contributed by atoms with Crippen LogP contribution in [0.2, 0.25) is 0 Å². The molecule has 21 heavy (non-hydrogen) atoms. The molecular weight excluding hydrogens is 280 g/mol. The number of carbonyl (C=O) groups is 1. The molecule has 1 aliphatic rings. The van der Waals surface area contributed by atoms with Gasteiger partial charge in [-0.05, 0) is 12.5 Å². The van der Waals surface area contributed by atoms with Crippen LogP contribution >= 0.6 is 0 Å². The second-order valence-corrected chi connectivity index (χ2v) is 4.98. The average molecular weight is 296 g/mol. The molecule has 4 atom stereocenters. The molecule has 0 amide bonds. The van der Waals surface area contributed by atoms with Crippen molar-refractivity contribution in [3.63, 3.8) is 0 Å². The summed E-state index contributed by atoms with van der Waals surface area (Å²) in [6, 6.07) is 1.13. The number of ether oxygens (including phenoxy) is 1. The third kappa shape index (κ3) is 3.02. The molecule has 3 N–H and O–H groups in total. The number of hydrogen-bond donors (Lipinski definition) is 3. The molecule has 1 saturated heterocycles. The minimum absolute atomic E-state index is 0.00866. The van der Waals surface area contributed by atoms with Gasteiger partial charge in [0.05, 0.1) is 6.10 Å². The molecule has 0 bridgehead atoms. The number of Topliss-reactive ketones (excluding diaryl/α,β-unsaturated/α-hetero) is 1. The number of hydrogen-bond acceptors (Lipinski definition) is 6. The van der Waals surface area contributed by atoms with Crippen LogP contribution in [0.5, 0.6) is 0 Å². The van der Waals surface area contributed by atoms with Crippen molar-refractivity contribution < 1.29 is 19.7 Å². The summed E-state index contributed by atoms with van der Waals surface area (Å²) in [5, 5.41) is 19.6. The maximum absolute atomic E-state index is 12.0. The predicted molar refractivity (Wildman–Crippen MR) is 71.7 cm³/mol. The second kappa shape index (κ2) is 5.76. The van der Waals surface area contributed by atoms with E-state index in [0.29, 0.717) is 0 Å². The van der Waals surface area contributed by atoms with Crippen molar-refractivity contribution in [1.29, 1.82) is 0 Å². The van der Waals surface area contributed by atoms with Crippen LogP contribution in [0.4, 0.5) is 0 Å². The first-order valence-corrected chi connectivity index (χ1v) is 6.33. The van der Waals surface area contributed by atoms with Crippen molar-refractivity contribution in [1.82, 2.24) is 9.55 Å². The fraction of sp³-hybridized carbons (Fsp3) is 0.462. The highest BCUT2D eigenvalue weighted by Crippen LogP contribution is 2.29. The van der Waals surface area contributed by atoms with Crippen LogP contribution in [0, 0.1) is 0 Å². The van der Waals surface area contributed by atoms with Gasteiger partial charge < -0.3 is 14.9 Å². The van der Waals surface area contributed by atoms with E-state index in [9.17, 15) is 24.6 Å². The number of aliphatic hydroxyl groups is 2. The molecule has 2 heterocycles. The monoisotopic (exact) mass is 296 g/mol. The maximum atomic E-state index is 12.0. The number of aromatic amines is 1. The summed E-state index contributed by atoms with van der Waals surface area (Å²) < 4.78 is 6.43. The van der Waals surface area contributed by atoms with E-state index in [1.807, 2.05) is 0 Å². The van der Waals surface area contributed by atoms with Gasteiger partial charge in [-0.25, -0.2) is 4.79 Å². The summed E-state index contributed by atoms with van der Waals surface area (Å²) in [7, 11) is 0. The average Bonchev–Trinajstić information content (AvgIpc) is 2.78. The van der Waals surface area contributed by atoms with E-state index >= 15 is 0 Å². The Morgan fingerprint density at radius 2 is 2.24 bits per heavy atom. The van der Waals surface area contributed by atoms with E-state index in [1.54, 1.807) is 0 Å². The predicted octanol–water partition coefficient (Wildman–Crippen LogP) is -1.31. The molecule has 2 rings (SSSR count). The normalized spacial score (nSPS) is 26.5. The van der Waals surface area contributed by atoms with Crippen LogP contribution in [-0.4, -0.2) is 43.9 Å². The number of ketones is 1. The molecule has 0 aliphatic carbocycles.